The van der Waals surface area contributed by atoms with E-state index in [0.29, 0.717) is 0 Å². The average Bonchev–Trinajstić information content (AvgIpc) is 2.39. The molecule has 2 nitrogen and oxygen atoms in total. The van der Waals surface area contributed by atoms with E-state index in [1.54, 1.807) is 0 Å². The average molecular weight is 287 g/mol. The molecule has 1 amide bonds. The number of allylic oxidation sites excluding steroid dienone is 1. The van der Waals surface area contributed by atoms with Gasteiger partial charge in [0.25, 0.3) is 0 Å². The number of nitrogens with one attached hydrogen (secondary N) is 1. The minimum absolute atomic E-state index is 0.171. The summed E-state index contributed by atoms with van der Waals surface area (Å²) in [6.07, 6.45) is 14.8. The van der Waals surface area contributed by atoms with Crippen molar-refractivity contribution in [3.63, 3.8) is 0 Å². The van der Waals surface area contributed by atoms with Crippen molar-refractivity contribution in [2.45, 2.75) is 76.7 Å². The van der Waals surface area contributed by atoms with Crippen molar-refractivity contribution >= 4 is 5.91 Å². The fourth-order valence-electron chi connectivity index (χ4n) is 6.02. The summed E-state index contributed by atoms with van der Waals surface area (Å²) in [5.74, 6) is 3.76. The summed E-state index contributed by atoms with van der Waals surface area (Å²) in [5.41, 5.74) is 1.56. The van der Waals surface area contributed by atoms with Crippen molar-refractivity contribution in [2.24, 2.45) is 23.7 Å². The molecule has 5 fully saturated rings. The predicted octanol–water partition coefficient (Wildman–Crippen LogP) is 4.21. The second-order valence-electron chi connectivity index (χ2n) is 8.67. The van der Waals surface area contributed by atoms with Crippen LogP contribution in [0.15, 0.2) is 11.6 Å². The highest BCUT2D eigenvalue weighted by molar-refractivity contribution is 5.88. The van der Waals surface area contributed by atoms with E-state index in [9.17, 15) is 4.79 Å². The maximum atomic E-state index is 12.5. The normalized spacial score (nSPS) is 44.7. The van der Waals surface area contributed by atoms with Crippen LogP contribution in [0.2, 0.25) is 0 Å². The van der Waals surface area contributed by atoms with Crippen LogP contribution in [0.5, 0.6) is 0 Å². The zero-order valence-electron chi connectivity index (χ0n) is 13.4. The second kappa shape index (κ2) is 5.14. The van der Waals surface area contributed by atoms with E-state index >= 15 is 0 Å². The molecule has 116 valence electrons. The summed E-state index contributed by atoms with van der Waals surface area (Å²) in [5, 5.41) is 3.47. The van der Waals surface area contributed by atoms with E-state index in [4.69, 9.17) is 0 Å². The lowest BCUT2D eigenvalue weighted by Crippen LogP contribution is -2.59. The standard InChI is InChI=1S/C19H29NO/c1-13-2-4-14(5-3-13)9-18(21)20-19-10-15-6-16(11-19)8-17(7-15)12-19/h9,13,15-17H,2-8,10-12H2,1H3,(H,20,21). The molecule has 5 aliphatic carbocycles. The molecule has 0 heterocycles. The Morgan fingerprint density at radius 2 is 1.57 bits per heavy atom. The van der Waals surface area contributed by atoms with Crippen LogP contribution in [0.3, 0.4) is 0 Å². The Morgan fingerprint density at radius 1 is 1.05 bits per heavy atom. The molecule has 5 aliphatic rings. The van der Waals surface area contributed by atoms with Crippen molar-refractivity contribution in [2.75, 3.05) is 0 Å². The number of rotatable bonds is 2. The molecule has 0 saturated heterocycles. The topological polar surface area (TPSA) is 29.1 Å². The predicted molar refractivity (Wildman–Crippen MR) is 84.8 cm³/mol. The van der Waals surface area contributed by atoms with Gasteiger partial charge in [0.2, 0.25) is 5.91 Å². The molecule has 4 bridgehead atoms. The first-order valence-electron chi connectivity index (χ1n) is 9.12. The van der Waals surface area contributed by atoms with Crippen LogP contribution < -0.4 is 5.32 Å². The zero-order valence-corrected chi connectivity index (χ0v) is 13.4. The number of amides is 1. The molecule has 0 spiro atoms. The lowest BCUT2D eigenvalue weighted by atomic mass is 9.53. The maximum absolute atomic E-state index is 12.5. The van der Waals surface area contributed by atoms with Crippen LogP contribution in [0, 0.1) is 23.7 Å². The SMILES string of the molecule is CC1CCC(=CC(=O)NC23CC4CC(CC(C4)C2)C3)CC1. The van der Waals surface area contributed by atoms with Crippen LogP contribution in [-0.2, 0) is 4.79 Å². The van der Waals surface area contributed by atoms with Crippen molar-refractivity contribution < 1.29 is 4.79 Å². The molecule has 5 saturated carbocycles. The van der Waals surface area contributed by atoms with Crippen LogP contribution in [0.4, 0.5) is 0 Å². The van der Waals surface area contributed by atoms with E-state index in [0.717, 1.165) is 36.5 Å². The molecule has 21 heavy (non-hydrogen) atoms. The summed E-state index contributed by atoms with van der Waals surface area (Å²) >= 11 is 0. The largest absolute Gasteiger partial charge is 0.347 e. The molecule has 5 rings (SSSR count). The molecule has 0 atom stereocenters. The van der Waals surface area contributed by atoms with Gasteiger partial charge in [-0.25, -0.2) is 0 Å². The minimum Gasteiger partial charge on any atom is -0.347 e. The van der Waals surface area contributed by atoms with E-state index < -0.39 is 0 Å². The first-order chi connectivity index (χ1) is 10.1. The fourth-order valence-corrected chi connectivity index (χ4v) is 6.02. The van der Waals surface area contributed by atoms with E-state index in [1.807, 2.05) is 6.08 Å². The maximum Gasteiger partial charge on any atom is 0.244 e. The van der Waals surface area contributed by atoms with Gasteiger partial charge in [0.15, 0.2) is 0 Å². The molecule has 0 aliphatic heterocycles. The van der Waals surface area contributed by atoms with E-state index in [1.165, 1.54) is 56.9 Å². The van der Waals surface area contributed by atoms with Crippen LogP contribution in [0.25, 0.3) is 0 Å². The van der Waals surface area contributed by atoms with Gasteiger partial charge >= 0.3 is 0 Å². The van der Waals surface area contributed by atoms with E-state index in [2.05, 4.69) is 12.2 Å². The van der Waals surface area contributed by atoms with Gasteiger partial charge in [-0.05, 0) is 87.9 Å². The van der Waals surface area contributed by atoms with Gasteiger partial charge in [-0.3, -0.25) is 4.79 Å². The van der Waals surface area contributed by atoms with Gasteiger partial charge < -0.3 is 5.32 Å². The number of carbonyl (C=O) groups excluding carboxylic acids is 1. The molecule has 2 heteroatoms. The molecule has 0 radical (unpaired) electrons. The summed E-state index contributed by atoms with van der Waals surface area (Å²) in [4.78, 5) is 12.5. The summed E-state index contributed by atoms with van der Waals surface area (Å²) in [6, 6.07) is 0. The number of carbonyl (C=O) groups is 1. The molecule has 0 aromatic carbocycles. The molecular weight excluding hydrogens is 258 g/mol. The smallest absolute Gasteiger partial charge is 0.244 e. The summed E-state index contributed by atoms with van der Waals surface area (Å²) in [7, 11) is 0. The number of hydrogen-bond acceptors (Lipinski definition) is 1. The molecule has 0 aromatic rings. The first kappa shape index (κ1) is 13.8. The third kappa shape index (κ3) is 2.78. The molecular formula is C19H29NO. The zero-order chi connectivity index (χ0) is 14.4. The first-order valence-corrected chi connectivity index (χ1v) is 9.12. The van der Waals surface area contributed by atoms with Crippen molar-refractivity contribution in [3.8, 4) is 0 Å². The van der Waals surface area contributed by atoms with Crippen LogP contribution >= 0.6 is 0 Å². The summed E-state index contributed by atoms with van der Waals surface area (Å²) in [6.45, 7) is 2.33. The summed E-state index contributed by atoms with van der Waals surface area (Å²) < 4.78 is 0. The van der Waals surface area contributed by atoms with Gasteiger partial charge in [-0.15, -0.1) is 0 Å². The minimum atomic E-state index is 0.171. The highest BCUT2D eigenvalue weighted by Gasteiger charge is 2.51. The Labute approximate surface area is 128 Å². The van der Waals surface area contributed by atoms with Crippen molar-refractivity contribution in [1.29, 1.82) is 0 Å². The van der Waals surface area contributed by atoms with Gasteiger partial charge in [0.1, 0.15) is 0 Å². The molecule has 1 N–H and O–H groups in total. The Balaban J connectivity index is 1.41. The van der Waals surface area contributed by atoms with E-state index in [-0.39, 0.29) is 11.4 Å². The Kier molecular flexibility index (Phi) is 3.39. The van der Waals surface area contributed by atoms with Crippen molar-refractivity contribution in [3.05, 3.63) is 11.6 Å². The Bertz CT molecular complexity index is 419. The van der Waals surface area contributed by atoms with Gasteiger partial charge in [0.05, 0.1) is 0 Å². The van der Waals surface area contributed by atoms with Gasteiger partial charge in [-0.1, -0.05) is 12.5 Å². The van der Waals surface area contributed by atoms with Gasteiger partial charge in [0, 0.05) is 11.6 Å². The third-order valence-electron chi connectivity index (χ3n) is 6.68. The monoisotopic (exact) mass is 287 g/mol. The lowest BCUT2D eigenvalue weighted by molar-refractivity contribution is -0.122. The fraction of sp³-hybridized carbons (Fsp3) is 0.842. The number of hydrogen-bond donors (Lipinski definition) is 1. The van der Waals surface area contributed by atoms with Crippen LogP contribution in [0.1, 0.15) is 71.1 Å². The third-order valence-corrected chi connectivity index (χ3v) is 6.68. The Hall–Kier alpha value is -0.790. The van der Waals surface area contributed by atoms with Crippen molar-refractivity contribution in [1.82, 2.24) is 5.32 Å². The quantitative estimate of drug-likeness (QED) is 0.757. The highest BCUT2D eigenvalue weighted by Crippen LogP contribution is 2.55. The Morgan fingerprint density at radius 3 is 2.10 bits per heavy atom. The highest BCUT2D eigenvalue weighted by atomic mass is 16.1. The van der Waals surface area contributed by atoms with Gasteiger partial charge in [-0.2, -0.15) is 0 Å². The second-order valence-corrected chi connectivity index (χ2v) is 8.67. The van der Waals surface area contributed by atoms with Crippen LogP contribution in [-0.4, -0.2) is 11.4 Å². The molecule has 0 unspecified atom stereocenters. The lowest BCUT2D eigenvalue weighted by Gasteiger charge is -2.56. The molecule has 0 aromatic heterocycles.